The minimum atomic E-state index is -0.325. The molecule has 4 rings (SSSR count). The van der Waals surface area contributed by atoms with Crippen molar-refractivity contribution in [3.63, 3.8) is 0 Å². The first-order valence-corrected chi connectivity index (χ1v) is 9.51. The Morgan fingerprint density at radius 2 is 2.14 bits per heavy atom. The number of oxazole rings is 1. The molecule has 1 N–H and O–H groups in total. The van der Waals surface area contributed by atoms with Gasteiger partial charge in [-0.05, 0) is 36.6 Å². The lowest BCUT2D eigenvalue weighted by atomic mass is 10.2. The first-order chi connectivity index (χ1) is 13.7. The predicted octanol–water partition coefficient (Wildman–Crippen LogP) is 4.94. The van der Waals surface area contributed by atoms with Crippen LogP contribution in [0.2, 0.25) is 0 Å². The van der Waals surface area contributed by atoms with Gasteiger partial charge in [0, 0.05) is 29.7 Å². The lowest BCUT2D eigenvalue weighted by Crippen LogP contribution is -2.13. The average molecular weight is 391 g/mol. The summed E-state index contributed by atoms with van der Waals surface area (Å²) in [6, 6.07) is 14.8. The van der Waals surface area contributed by atoms with Gasteiger partial charge in [0.05, 0.1) is 4.88 Å². The van der Waals surface area contributed by atoms with E-state index < -0.39 is 0 Å². The van der Waals surface area contributed by atoms with E-state index in [0.717, 1.165) is 10.4 Å². The first-order valence-electron chi connectivity index (χ1n) is 8.63. The fraction of sp³-hybridized carbons (Fsp3) is 0.0952. The number of nitrogens with one attached hydrogen (secondary N) is 1. The maximum atomic E-state index is 12.6. The molecule has 1 amide bonds. The number of carbonyl (C=O) groups is 1. The summed E-state index contributed by atoms with van der Waals surface area (Å²) in [7, 11) is 0. The number of amides is 1. The van der Waals surface area contributed by atoms with Crippen molar-refractivity contribution in [2.75, 3.05) is 5.32 Å². The molecule has 3 aromatic heterocycles. The van der Waals surface area contributed by atoms with Gasteiger partial charge in [-0.15, -0.1) is 11.3 Å². The normalized spacial score (nSPS) is 10.6. The number of benzene rings is 1. The van der Waals surface area contributed by atoms with Crippen LogP contribution in [0.1, 0.15) is 21.8 Å². The molecule has 140 valence electrons. The third-order valence-electron chi connectivity index (χ3n) is 3.96. The third-order valence-corrected chi connectivity index (χ3v) is 4.82. The number of thiophene rings is 1. The summed E-state index contributed by atoms with van der Waals surface area (Å²) in [5, 5.41) is 4.78. The summed E-state index contributed by atoms with van der Waals surface area (Å²) in [4.78, 5) is 21.9. The van der Waals surface area contributed by atoms with E-state index >= 15 is 0 Å². The molecule has 4 aromatic rings. The molecule has 0 radical (unpaired) electrons. The van der Waals surface area contributed by atoms with E-state index in [1.54, 1.807) is 31.5 Å². The van der Waals surface area contributed by atoms with E-state index in [1.807, 2.05) is 41.8 Å². The Morgan fingerprint density at radius 3 is 2.93 bits per heavy atom. The zero-order valence-corrected chi connectivity index (χ0v) is 15.9. The monoisotopic (exact) mass is 391 g/mol. The van der Waals surface area contributed by atoms with Crippen LogP contribution in [0, 0.1) is 6.92 Å². The van der Waals surface area contributed by atoms with Crippen molar-refractivity contribution in [2.45, 2.75) is 13.5 Å². The number of hydrogen-bond acceptors (Lipinski definition) is 6. The Balaban J connectivity index is 1.45. The van der Waals surface area contributed by atoms with Crippen molar-refractivity contribution in [3.05, 3.63) is 83.3 Å². The number of pyridine rings is 1. The topological polar surface area (TPSA) is 77.2 Å². The van der Waals surface area contributed by atoms with Gasteiger partial charge in [-0.3, -0.25) is 9.78 Å². The molecule has 6 nitrogen and oxygen atoms in total. The van der Waals surface area contributed by atoms with E-state index in [0.29, 0.717) is 29.7 Å². The standard InChI is InChI=1S/C21H17N3O3S/c1-14-19(24-21(27-14)18-8-4-10-28-18)20(25)23-16-6-2-7-17(11-16)26-13-15-5-3-9-22-12-15/h2-12H,13H2,1H3,(H,23,25). The van der Waals surface area contributed by atoms with Crippen LogP contribution in [0.4, 0.5) is 5.69 Å². The average Bonchev–Trinajstić information content (AvgIpc) is 3.37. The third kappa shape index (κ3) is 4.10. The summed E-state index contributed by atoms with van der Waals surface area (Å²) in [6.07, 6.45) is 3.47. The summed E-state index contributed by atoms with van der Waals surface area (Å²) >= 11 is 1.51. The van der Waals surface area contributed by atoms with Crippen LogP contribution in [0.15, 0.2) is 70.7 Å². The van der Waals surface area contributed by atoms with Crippen molar-refractivity contribution < 1.29 is 13.9 Å². The second-order valence-electron chi connectivity index (χ2n) is 6.03. The highest BCUT2D eigenvalue weighted by Crippen LogP contribution is 2.26. The molecular formula is C21H17N3O3S. The maximum absolute atomic E-state index is 12.6. The Morgan fingerprint density at radius 1 is 1.21 bits per heavy atom. The van der Waals surface area contributed by atoms with Crippen LogP contribution < -0.4 is 10.1 Å². The Hall–Kier alpha value is -3.45. The minimum Gasteiger partial charge on any atom is -0.489 e. The van der Waals surface area contributed by atoms with Gasteiger partial charge in [0.2, 0.25) is 5.89 Å². The molecule has 0 aliphatic heterocycles. The number of aryl methyl sites for hydroxylation is 1. The second-order valence-corrected chi connectivity index (χ2v) is 6.98. The van der Waals surface area contributed by atoms with Crippen LogP contribution >= 0.6 is 11.3 Å². The largest absolute Gasteiger partial charge is 0.489 e. The maximum Gasteiger partial charge on any atom is 0.277 e. The first kappa shape index (κ1) is 17.9. The molecule has 0 aliphatic rings. The van der Waals surface area contributed by atoms with Crippen molar-refractivity contribution in [2.24, 2.45) is 0 Å². The molecule has 0 aliphatic carbocycles. The zero-order valence-electron chi connectivity index (χ0n) is 15.1. The summed E-state index contributed by atoms with van der Waals surface area (Å²) in [6.45, 7) is 2.13. The summed E-state index contributed by atoms with van der Waals surface area (Å²) < 4.78 is 11.4. The number of nitrogens with zero attached hydrogens (tertiary/aromatic N) is 2. The van der Waals surface area contributed by atoms with Crippen LogP contribution in [0.25, 0.3) is 10.8 Å². The van der Waals surface area contributed by atoms with Gasteiger partial charge >= 0.3 is 0 Å². The van der Waals surface area contributed by atoms with Gasteiger partial charge in [-0.1, -0.05) is 18.2 Å². The summed E-state index contributed by atoms with van der Waals surface area (Å²) in [5.41, 5.74) is 1.86. The Kier molecular flexibility index (Phi) is 5.16. The predicted molar refractivity (Wildman–Crippen MR) is 108 cm³/mol. The smallest absolute Gasteiger partial charge is 0.277 e. The molecule has 0 bridgehead atoms. The Bertz CT molecular complexity index is 1080. The van der Waals surface area contributed by atoms with E-state index in [1.165, 1.54) is 11.3 Å². The number of carbonyl (C=O) groups excluding carboxylic acids is 1. The van der Waals surface area contributed by atoms with Gasteiger partial charge < -0.3 is 14.5 Å². The number of ether oxygens (including phenoxy) is 1. The van der Waals surface area contributed by atoms with Gasteiger partial charge in [0.1, 0.15) is 18.1 Å². The molecule has 0 unspecified atom stereocenters. The van der Waals surface area contributed by atoms with Crippen molar-refractivity contribution in [1.82, 2.24) is 9.97 Å². The molecule has 0 atom stereocenters. The molecule has 0 saturated carbocycles. The molecule has 7 heteroatoms. The lowest BCUT2D eigenvalue weighted by Gasteiger charge is -2.08. The van der Waals surface area contributed by atoms with Gasteiger partial charge in [-0.25, -0.2) is 4.98 Å². The van der Waals surface area contributed by atoms with Crippen LogP contribution in [0.3, 0.4) is 0 Å². The van der Waals surface area contributed by atoms with E-state index in [9.17, 15) is 4.79 Å². The molecule has 0 fully saturated rings. The zero-order chi connectivity index (χ0) is 19.3. The minimum absolute atomic E-state index is 0.269. The highest BCUT2D eigenvalue weighted by molar-refractivity contribution is 7.13. The molecule has 1 aromatic carbocycles. The van der Waals surface area contributed by atoms with Crippen molar-refractivity contribution in [3.8, 4) is 16.5 Å². The van der Waals surface area contributed by atoms with Crippen LogP contribution in [0.5, 0.6) is 5.75 Å². The molecule has 0 saturated heterocycles. The fourth-order valence-corrected chi connectivity index (χ4v) is 3.27. The van der Waals surface area contributed by atoms with Crippen LogP contribution in [-0.2, 0) is 6.61 Å². The quantitative estimate of drug-likeness (QED) is 0.504. The summed E-state index contributed by atoms with van der Waals surface area (Å²) in [5.74, 6) is 1.25. The van der Waals surface area contributed by atoms with E-state index in [-0.39, 0.29) is 11.6 Å². The number of aromatic nitrogens is 2. The van der Waals surface area contributed by atoms with E-state index in [2.05, 4.69) is 15.3 Å². The highest BCUT2D eigenvalue weighted by atomic mass is 32.1. The number of rotatable bonds is 6. The second kappa shape index (κ2) is 8.06. The molecule has 0 spiro atoms. The fourth-order valence-electron chi connectivity index (χ4n) is 2.62. The van der Waals surface area contributed by atoms with Crippen molar-refractivity contribution >= 4 is 22.9 Å². The Labute approximate surface area is 165 Å². The SMILES string of the molecule is Cc1oc(-c2cccs2)nc1C(=O)Nc1cccc(OCc2cccnc2)c1. The number of hydrogen-bond donors (Lipinski definition) is 1. The number of anilines is 1. The molecular weight excluding hydrogens is 374 g/mol. The van der Waals surface area contributed by atoms with Gasteiger partial charge in [-0.2, -0.15) is 0 Å². The van der Waals surface area contributed by atoms with Gasteiger partial charge in [0.25, 0.3) is 5.91 Å². The lowest BCUT2D eigenvalue weighted by molar-refractivity contribution is 0.102. The van der Waals surface area contributed by atoms with Crippen molar-refractivity contribution in [1.29, 1.82) is 0 Å². The van der Waals surface area contributed by atoms with Crippen LogP contribution in [-0.4, -0.2) is 15.9 Å². The van der Waals surface area contributed by atoms with E-state index in [4.69, 9.17) is 9.15 Å². The highest BCUT2D eigenvalue weighted by Gasteiger charge is 2.18. The van der Waals surface area contributed by atoms with Gasteiger partial charge in [0.15, 0.2) is 5.69 Å². The molecule has 28 heavy (non-hydrogen) atoms. The molecule has 3 heterocycles.